The van der Waals surface area contributed by atoms with Crippen LogP contribution in [0.2, 0.25) is 0 Å². The number of rotatable bonds is 4. The van der Waals surface area contributed by atoms with Crippen LogP contribution in [0.1, 0.15) is 12.8 Å². The molecule has 4 nitrogen and oxygen atoms in total. The van der Waals surface area contributed by atoms with Gasteiger partial charge in [0.1, 0.15) is 5.82 Å². The summed E-state index contributed by atoms with van der Waals surface area (Å²) in [5, 5.41) is 6.79. The molecule has 1 N–H and O–H groups in total. The van der Waals surface area contributed by atoms with Gasteiger partial charge in [-0.05, 0) is 18.7 Å². The summed E-state index contributed by atoms with van der Waals surface area (Å²) in [6.45, 7) is 3.30. The van der Waals surface area contributed by atoms with Gasteiger partial charge in [0.15, 0.2) is 0 Å². The second-order valence-corrected chi connectivity index (χ2v) is 3.27. The third-order valence-electron chi connectivity index (χ3n) is 2.11. The standard InChI is InChI=1S/C11H12FN3O/c1-2-13-7-10-14-11(15-16-10)8-5-3-4-6-9(8)12/h3-6,13H,2,7H2,1H3. The molecule has 16 heavy (non-hydrogen) atoms. The van der Waals surface area contributed by atoms with Gasteiger partial charge in [-0.15, -0.1) is 0 Å². The van der Waals surface area contributed by atoms with E-state index in [0.717, 1.165) is 6.54 Å². The molecule has 0 spiro atoms. The Kier molecular flexibility index (Phi) is 3.26. The first-order chi connectivity index (χ1) is 7.81. The Morgan fingerprint density at radius 1 is 1.38 bits per heavy atom. The molecule has 0 bridgehead atoms. The van der Waals surface area contributed by atoms with Crippen molar-refractivity contribution >= 4 is 0 Å². The van der Waals surface area contributed by atoms with Gasteiger partial charge in [-0.3, -0.25) is 0 Å². The summed E-state index contributed by atoms with van der Waals surface area (Å²) in [6, 6.07) is 6.35. The Labute approximate surface area is 92.5 Å². The summed E-state index contributed by atoms with van der Waals surface area (Å²) in [5.74, 6) is 0.393. The first-order valence-electron chi connectivity index (χ1n) is 5.09. The maximum atomic E-state index is 13.4. The van der Waals surface area contributed by atoms with E-state index in [-0.39, 0.29) is 11.6 Å². The quantitative estimate of drug-likeness (QED) is 0.857. The highest BCUT2D eigenvalue weighted by atomic mass is 19.1. The monoisotopic (exact) mass is 221 g/mol. The second kappa shape index (κ2) is 4.85. The van der Waals surface area contributed by atoms with Gasteiger partial charge in [-0.2, -0.15) is 4.98 Å². The summed E-state index contributed by atoms with van der Waals surface area (Å²) in [5.41, 5.74) is 0.356. The van der Waals surface area contributed by atoms with Crippen molar-refractivity contribution < 1.29 is 8.91 Å². The van der Waals surface area contributed by atoms with E-state index in [4.69, 9.17) is 4.52 Å². The van der Waals surface area contributed by atoms with E-state index in [2.05, 4.69) is 15.5 Å². The minimum absolute atomic E-state index is 0.283. The van der Waals surface area contributed by atoms with Crippen molar-refractivity contribution in [3.05, 3.63) is 36.0 Å². The van der Waals surface area contributed by atoms with E-state index in [1.807, 2.05) is 6.92 Å². The molecule has 1 heterocycles. The van der Waals surface area contributed by atoms with E-state index in [9.17, 15) is 4.39 Å². The van der Waals surface area contributed by atoms with E-state index in [0.29, 0.717) is 18.0 Å². The fourth-order valence-corrected chi connectivity index (χ4v) is 1.31. The van der Waals surface area contributed by atoms with Crippen LogP contribution in [0.3, 0.4) is 0 Å². The zero-order valence-corrected chi connectivity index (χ0v) is 8.90. The van der Waals surface area contributed by atoms with E-state index < -0.39 is 0 Å². The predicted octanol–water partition coefficient (Wildman–Crippen LogP) is 1.99. The highest BCUT2D eigenvalue weighted by molar-refractivity contribution is 5.54. The summed E-state index contributed by atoms with van der Waals surface area (Å²) in [7, 11) is 0. The van der Waals surface area contributed by atoms with Crippen LogP contribution in [0.5, 0.6) is 0 Å². The first-order valence-corrected chi connectivity index (χ1v) is 5.09. The Balaban J connectivity index is 2.22. The number of benzene rings is 1. The van der Waals surface area contributed by atoms with Gasteiger partial charge >= 0.3 is 0 Å². The van der Waals surface area contributed by atoms with Crippen LogP contribution in [0.25, 0.3) is 11.4 Å². The Bertz CT molecular complexity index is 470. The fourth-order valence-electron chi connectivity index (χ4n) is 1.31. The average molecular weight is 221 g/mol. The van der Waals surface area contributed by atoms with Crippen molar-refractivity contribution in [1.29, 1.82) is 0 Å². The first kappa shape index (κ1) is 10.8. The third-order valence-corrected chi connectivity index (χ3v) is 2.11. The lowest BCUT2D eigenvalue weighted by atomic mass is 10.2. The lowest BCUT2D eigenvalue weighted by Crippen LogP contribution is -2.11. The molecule has 0 aliphatic rings. The molecule has 5 heteroatoms. The number of nitrogens with zero attached hydrogens (tertiary/aromatic N) is 2. The SMILES string of the molecule is CCNCc1nc(-c2ccccc2F)no1. The van der Waals surface area contributed by atoms with Gasteiger partial charge < -0.3 is 9.84 Å². The molecule has 0 aliphatic heterocycles. The average Bonchev–Trinajstić information content (AvgIpc) is 2.75. The Hall–Kier alpha value is -1.75. The zero-order chi connectivity index (χ0) is 11.4. The molecule has 0 unspecified atom stereocenters. The minimum Gasteiger partial charge on any atom is -0.338 e. The van der Waals surface area contributed by atoms with E-state index in [1.54, 1.807) is 18.2 Å². The highest BCUT2D eigenvalue weighted by Gasteiger charge is 2.11. The van der Waals surface area contributed by atoms with Crippen molar-refractivity contribution in [2.24, 2.45) is 0 Å². The largest absolute Gasteiger partial charge is 0.338 e. The van der Waals surface area contributed by atoms with Crippen molar-refractivity contribution in [3.8, 4) is 11.4 Å². The van der Waals surface area contributed by atoms with Crippen molar-refractivity contribution in [1.82, 2.24) is 15.5 Å². The molecule has 0 atom stereocenters. The Morgan fingerprint density at radius 2 is 2.19 bits per heavy atom. The van der Waals surface area contributed by atoms with E-state index >= 15 is 0 Å². The van der Waals surface area contributed by atoms with Crippen molar-refractivity contribution in [2.75, 3.05) is 6.54 Å². The van der Waals surface area contributed by atoms with E-state index in [1.165, 1.54) is 6.07 Å². The molecule has 0 amide bonds. The van der Waals surface area contributed by atoms with Crippen LogP contribution >= 0.6 is 0 Å². The maximum absolute atomic E-state index is 13.4. The van der Waals surface area contributed by atoms with Gasteiger partial charge in [0.2, 0.25) is 11.7 Å². The molecule has 1 aromatic heterocycles. The third kappa shape index (κ3) is 2.25. The van der Waals surface area contributed by atoms with Crippen LogP contribution < -0.4 is 5.32 Å². The van der Waals surface area contributed by atoms with Gasteiger partial charge in [-0.25, -0.2) is 4.39 Å². The van der Waals surface area contributed by atoms with Crippen LogP contribution in [0.15, 0.2) is 28.8 Å². The molecule has 2 aromatic rings. The maximum Gasteiger partial charge on any atom is 0.240 e. The van der Waals surface area contributed by atoms with Gasteiger partial charge in [0.05, 0.1) is 12.1 Å². The topological polar surface area (TPSA) is 51.0 Å². The molecular weight excluding hydrogens is 209 g/mol. The van der Waals surface area contributed by atoms with Crippen molar-refractivity contribution in [2.45, 2.75) is 13.5 Å². The molecule has 0 aliphatic carbocycles. The molecule has 0 fully saturated rings. The fraction of sp³-hybridized carbons (Fsp3) is 0.273. The normalized spacial score (nSPS) is 10.6. The summed E-state index contributed by atoms with van der Waals surface area (Å²) < 4.78 is 18.4. The molecule has 2 rings (SSSR count). The van der Waals surface area contributed by atoms with Gasteiger partial charge in [0, 0.05) is 0 Å². The van der Waals surface area contributed by atoms with Crippen LogP contribution in [0.4, 0.5) is 4.39 Å². The molecule has 84 valence electrons. The molecule has 0 saturated carbocycles. The number of nitrogens with one attached hydrogen (secondary N) is 1. The van der Waals surface area contributed by atoms with Crippen molar-refractivity contribution in [3.63, 3.8) is 0 Å². The number of hydrogen-bond donors (Lipinski definition) is 1. The lowest BCUT2D eigenvalue weighted by Gasteiger charge is -1.95. The second-order valence-electron chi connectivity index (χ2n) is 3.27. The smallest absolute Gasteiger partial charge is 0.240 e. The minimum atomic E-state index is -0.349. The molecule has 1 aromatic carbocycles. The predicted molar refractivity (Wildman–Crippen MR) is 57.1 cm³/mol. The van der Waals surface area contributed by atoms with Gasteiger partial charge in [0.25, 0.3) is 0 Å². The van der Waals surface area contributed by atoms with Gasteiger partial charge in [-0.1, -0.05) is 24.2 Å². The zero-order valence-electron chi connectivity index (χ0n) is 8.90. The summed E-state index contributed by atoms with van der Waals surface area (Å²) in [6.07, 6.45) is 0. The summed E-state index contributed by atoms with van der Waals surface area (Å²) >= 11 is 0. The molecular formula is C11H12FN3O. The van der Waals surface area contributed by atoms with Crippen LogP contribution in [-0.4, -0.2) is 16.7 Å². The number of aromatic nitrogens is 2. The molecule has 0 radical (unpaired) electrons. The lowest BCUT2D eigenvalue weighted by molar-refractivity contribution is 0.369. The van der Waals surface area contributed by atoms with Crippen LogP contribution in [-0.2, 0) is 6.54 Å². The highest BCUT2D eigenvalue weighted by Crippen LogP contribution is 2.18. The summed E-state index contributed by atoms with van der Waals surface area (Å²) in [4.78, 5) is 4.10. The molecule has 0 saturated heterocycles. The Morgan fingerprint density at radius 3 is 2.94 bits per heavy atom. The van der Waals surface area contributed by atoms with Crippen LogP contribution in [0, 0.1) is 5.82 Å². The number of halogens is 1. The number of hydrogen-bond acceptors (Lipinski definition) is 4.